The van der Waals surface area contributed by atoms with Crippen LogP contribution in [0.1, 0.15) is 56.4 Å². The molecule has 0 saturated carbocycles. The van der Waals surface area contributed by atoms with Gasteiger partial charge in [-0.05, 0) is 49.7 Å². The molecule has 0 radical (unpaired) electrons. The van der Waals surface area contributed by atoms with Crippen molar-refractivity contribution in [1.82, 2.24) is 25.1 Å². The topological polar surface area (TPSA) is 55.6 Å². The van der Waals surface area contributed by atoms with Crippen LogP contribution in [0.3, 0.4) is 0 Å². The van der Waals surface area contributed by atoms with E-state index in [1.165, 1.54) is 0 Å². The molecule has 0 bridgehead atoms. The lowest BCUT2D eigenvalue weighted by Gasteiger charge is -2.21. The van der Waals surface area contributed by atoms with Crippen LogP contribution in [0.5, 0.6) is 0 Å². The molecule has 0 spiro atoms. The highest BCUT2D eigenvalue weighted by molar-refractivity contribution is 9.10. The molecule has 0 saturated heterocycles. The fraction of sp³-hybridized carbons (Fsp3) is 0.533. The molecular formula is C15H22BrN5. The van der Waals surface area contributed by atoms with E-state index < -0.39 is 0 Å². The largest absolute Gasteiger partial charge is 0.304 e. The van der Waals surface area contributed by atoms with Gasteiger partial charge in [-0.25, -0.2) is 0 Å². The predicted molar refractivity (Wildman–Crippen MR) is 87.2 cm³/mol. The van der Waals surface area contributed by atoms with Gasteiger partial charge in [0, 0.05) is 12.2 Å². The molecule has 5 nitrogen and oxygen atoms in total. The number of aromatic nitrogens is 4. The third-order valence-corrected chi connectivity index (χ3v) is 3.86. The molecule has 0 aromatic carbocycles. The van der Waals surface area contributed by atoms with Crippen molar-refractivity contribution in [2.24, 2.45) is 0 Å². The minimum atomic E-state index is -0.0164. The average Bonchev–Trinajstić information content (AvgIpc) is 2.83. The summed E-state index contributed by atoms with van der Waals surface area (Å²) in [7, 11) is 0. The Balaban J connectivity index is 2.45. The van der Waals surface area contributed by atoms with Crippen LogP contribution < -0.4 is 5.32 Å². The van der Waals surface area contributed by atoms with Crippen LogP contribution in [0.4, 0.5) is 0 Å². The van der Waals surface area contributed by atoms with E-state index in [-0.39, 0.29) is 12.1 Å². The molecule has 2 rings (SSSR count). The van der Waals surface area contributed by atoms with Crippen LogP contribution in [0, 0.1) is 6.92 Å². The summed E-state index contributed by atoms with van der Waals surface area (Å²) in [6.45, 7) is 9.26. The first-order valence-electron chi connectivity index (χ1n) is 7.29. The SMILES string of the molecule is CCCNC(c1cnc(C)cn1)c1c(Br)cnn1C(C)C. The fourth-order valence-electron chi connectivity index (χ4n) is 2.21. The number of aryl methyl sites for hydroxylation is 1. The van der Waals surface area contributed by atoms with Crippen LogP contribution in [0.15, 0.2) is 23.1 Å². The van der Waals surface area contributed by atoms with Crippen LogP contribution in [-0.2, 0) is 0 Å². The third-order valence-electron chi connectivity index (χ3n) is 3.24. The number of hydrogen-bond donors (Lipinski definition) is 1. The Morgan fingerprint density at radius 2 is 2.00 bits per heavy atom. The van der Waals surface area contributed by atoms with Gasteiger partial charge in [-0.3, -0.25) is 14.6 Å². The zero-order valence-electron chi connectivity index (χ0n) is 13.0. The molecule has 1 atom stereocenters. The van der Waals surface area contributed by atoms with Gasteiger partial charge in [0.25, 0.3) is 0 Å². The molecule has 0 aliphatic rings. The molecule has 6 heteroatoms. The Kier molecular flexibility index (Phi) is 5.47. The predicted octanol–water partition coefficient (Wildman–Crippen LogP) is 3.41. The van der Waals surface area contributed by atoms with Gasteiger partial charge in [-0.2, -0.15) is 5.10 Å². The van der Waals surface area contributed by atoms with Crippen molar-refractivity contribution in [1.29, 1.82) is 0 Å². The molecule has 0 aliphatic heterocycles. The summed E-state index contributed by atoms with van der Waals surface area (Å²) in [5.74, 6) is 0. The monoisotopic (exact) mass is 351 g/mol. The number of halogens is 1. The van der Waals surface area contributed by atoms with E-state index in [1.807, 2.05) is 24.0 Å². The van der Waals surface area contributed by atoms with Crippen molar-refractivity contribution in [3.05, 3.63) is 40.1 Å². The Morgan fingerprint density at radius 1 is 1.24 bits per heavy atom. The van der Waals surface area contributed by atoms with Crippen molar-refractivity contribution >= 4 is 15.9 Å². The molecule has 0 amide bonds. The molecule has 1 unspecified atom stereocenters. The van der Waals surface area contributed by atoms with Gasteiger partial charge in [-0.15, -0.1) is 0 Å². The average molecular weight is 352 g/mol. The zero-order valence-corrected chi connectivity index (χ0v) is 14.6. The van der Waals surface area contributed by atoms with Gasteiger partial charge in [0.1, 0.15) is 0 Å². The summed E-state index contributed by atoms with van der Waals surface area (Å²) >= 11 is 3.62. The Bertz CT molecular complexity index is 576. The summed E-state index contributed by atoms with van der Waals surface area (Å²) < 4.78 is 3.02. The molecule has 0 fully saturated rings. The lowest BCUT2D eigenvalue weighted by Crippen LogP contribution is -2.27. The number of hydrogen-bond acceptors (Lipinski definition) is 4. The fourth-order valence-corrected chi connectivity index (χ4v) is 2.72. The minimum absolute atomic E-state index is 0.0164. The summed E-state index contributed by atoms with van der Waals surface area (Å²) in [6, 6.07) is 0.271. The van der Waals surface area contributed by atoms with E-state index >= 15 is 0 Å². The van der Waals surface area contributed by atoms with Crippen LogP contribution in [-0.4, -0.2) is 26.3 Å². The Hall–Kier alpha value is -1.27. The van der Waals surface area contributed by atoms with Crippen LogP contribution >= 0.6 is 15.9 Å². The highest BCUT2D eigenvalue weighted by Gasteiger charge is 2.24. The molecule has 2 aromatic heterocycles. The summed E-state index contributed by atoms with van der Waals surface area (Å²) in [5.41, 5.74) is 2.93. The van der Waals surface area contributed by atoms with E-state index in [2.05, 4.69) is 57.1 Å². The second-order valence-electron chi connectivity index (χ2n) is 5.39. The van der Waals surface area contributed by atoms with Gasteiger partial charge in [0.15, 0.2) is 0 Å². The second-order valence-corrected chi connectivity index (χ2v) is 6.24. The van der Waals surface area contributed by atoms with Crippen molar-refractivity contribution in [2.45, 2.75) is 46.2 Å². The van der Waals surface area contributed by atoms with Crippen molar-refractivity contribution in [3.63, 3.8) is 0 Å². The van der Waals surface area contributed by atoms with Gasteiger partial charge < -0.3 is 5.32 Å². The molecular weight excluding hydrogens is 330 g/mol. The molecule has 2 heterocycles. The van der Waals surface area contributed by atoms with E-state index in [4.69, 9.17) is 0 Å². The van der Waals surface area contributed by atoms with E-state index in [1.54, 1.807) is 6.20 Å². The van der Waals surface area contributed by atoms with Gasteiger partial charge >= 0.3 is 0 Å². The zero-order chi connectivity index (χ0) is 15.4. The van der Waals surface area contributed by atoms with Crippen molar-refractivity contribution in [3.8, 4) is 0 Å². The molecule has 2 aromatic rings. The van der Waals surface area contributed by atoms with E-state index in [0.717, 1.165) is 34.5 Å². The quantitative estimate of drug-likeness (QED) is 0.866. The van der Waals surface area contributed by atoms with E-state index in [9.17, 15) is 0 Å². The van der Waals surface area contributed by atoms with Crippen LogP contribution in [0.25, 0.3) is 0 Å². The summed E-state index contributed by atoms with van der Waals surface area (Å²) in [5, 5.41) is 8.02. The number of nitrogens with one attached hydrogen (secondary N) is 1. The molecule has 0 aliphatic carbocycles. The molecule has 114 valence electrons. The normalized spacial score (nSPS) is 12.9. The summed E-state index contributed by atoms with van der Waals surface area (Å²) in [6.07, 6.45) is 6.55. The minimum Gasteiger partial charge on any atom is -0.304 e. The summed E-state index contributed by atoms with van der Waals surface area (Å²) in [4.78, 5) is 8.92. The smallest absolute Gasteiger partial charge is 0.0949 e. The van der Waals surface area contributed by atoms with E-state index in [0.29, 0.717) is 0 Å². The highest BCUT2D eigenvalue weighted by atomic mass is 79.9. The first-order valence-corrected chi connectivity index (χ1v) is 8.08. The molecule has 21 heavy (non-hydrogen) atoms. The van der Waals surface area contributed by atoms with Crippen LogP contribution in [0.2, 0.25) is 0 Å². The van der Waals surface area contributed by atoms with Crippen molar-refractivity contribution < 1.29 is 0 Å². The first-order chi connectivity index (χ1) is 10.0. The lowest BCUT2D eigenvalue weighted by atomic mass is 10.1. The van der Waals surface area contributed by atoms with Crippen molar-refractivity contribution in [2.75, 3.05) is 6.54 Å². The maximum absolute atomic E-state index is 4.54. The second kappa shape index (κ2) is 7.13. The number of rotatable bonds is 6. The lowest BCUT2D eigenvalue weighted by molar-refractivity contribution is 0.466. The maximum Gasteiger partial charge on any atom is 0.0949 e. The standard InChI is InChI=1S/C15H22BrN5/c1-5-6-17-14(13-9-18-11(4)7-19-13)15-12(16)8-20-21(15)10(2)3/h7-10,14,17H,5-6H2,1-4H3. The Morgan fingerprint density at radius 3 is 2.57 bits per heavy atom. The third kappa shape index (κ3) is 3.68. The highest BCUT2D eigenvalue weighted by Crippen LogP contribution is 2.29. The first kappa shape index (κ1) is 16.1. The molecule has 1 N–H and O–H groups in total. The maximum atomic E-state index is 4.54. The Labute approximate surface area is 134 Å². The van der Waals surface area contributed by atoms with Gasteiger partial charge in [0.2, 0.25) is 0 Å². The van der Waals surface area contributed by atoms with Gasteiger partial charge in [-0.1, -0.05) is 6.92 Å². The number of nitrogens with zero attached hydrogens (tertiary/aromatic N) is 4. The van der Waals surface area contributed by atoms with Gasteiger partial charge in [0.05, 0.1) is 40.0 Å².